The molecule has 1 aromatic heterocycles. The third-order valence-corrected chi connectivity index (χ3v) is 4.10. The van der Waals surface area contributed by atoms with Crippen molar-refractivity contribution in [1.82, 2.24) is 9.55 Å². The molecular weight excluding hydrogens is 258 g/mol. The predicted octanol–water partition coefficient (Wildman–Crippen LogP) is 3.88. The standard InChI is InChI=1S/C18H25N3/c1-18(2,3)17-20-15(16(19)21(17)14-10-11-14)12-9-13-7-5-4-6-8-13/h4-8,14H,9-12,19H2,1-3H3. The summed E-state index contributed by atoms with van der Waals surface area (Å²) in [5.41, 5.74) is 8.86. The topological polar surface area (TPSA) is 43.8 Å². The monoisotopic (exact) mass is 283 g/mol. The summed E-state index contributed by atoms with van der Waals surface area (Å²) in [6, 6.07) is 11.1. The normalized spacial score (nSPS) is 15.4. The zero-order valence-electron chi connectivity index (χ0n) is 13.3. The van der Waals surface area contributed by atoms with Crippen molar-refractivity contribution in [3.05, 3.63) is 47.4 Å². The van der Waals surface area contributed by atoms with Crippen molar-refractivity contribution in [2.75, 3.05) is 5.73 Å². The third-order valence-electron chi connectivity index (χ3n) is 4.10. The van der Waals surface area contributed by atoms with Gasteiger partial charge in [0.15, 0.2) is 0 Å². The highest BCUT2D eigenvalue weighted by Gasteiger charge is 2.33. The minimum absolute atomic E-state index is 0.0434. The van der Waals surface area contributed by atoms with E-state index in [2.05, 4.69) is 55.7 Å². The largest absolute Gasteiger partial charge is 0.384 e. The van der Waals surface area contributed by atoms with Crippen LogP contribution in [-0.2, 0) is 18.3 Å². The summed E-state index contributed by atoms with van der Waals surface area (Å²) in [5, 5.41) is 0. The van der Waals surface area contributed by atoms with Crippen LogP contribution in [0.25, 0.3) is 0 Å². The van der Waals surface area contributed by atoms with Gasteiger partial charge in [-0.1, -0.05) is 51.1 Å². The Morgan fingerprint density at radius 2 is 1.81 bits per heavy atom. The van der Waals surface area contributed by atoms with Crippen LogP contribution in [0.3, 0.4) is 0 Å². The summed E-state index contributed by atoms with van der Waals surface area (Å²) in [4.78, 5) is 4.90. The van der Waals surface area contributed by atoms with Gasteiger partial charge in [0.2, 0.25) is 0 Å². The van der Waals surface area contributed by atoms with Gasteiger partial charge in [0, 0.05) is 11.5 Å². The Labute approximate surface area is 127 Å². The maximum absolute atomic E-state index is 6.41. The maximum Gasteiger partial charge on any atom is 0.127 e. The van der Waals surface area contributed by atoms with Gasteiger partial charge in [-0.25, -0.2) is 4.98 Å². The number of aryl methyl sites for hydroxylation is 2. The molecule has 3 rings (SSSR count). The van der Waals surface area contributed by atoms with Gasteiger partial charge in [-0.05, 0) is 31.2 Å². The Hall–Kier alpha value is -1.77. The number of rotatable bonds is 4. The second kappa shape index (κ2) is 5.21. The second-order valence-corrected chi connectivity index (χ2v) is 7.10. The van der Waals surface area contributed by atoms with E-state index < -0.39 is 0 Å². The first-order valence-corrected chi connectivity index (χ1v) is 7.88. The molecule has 1 aliphatic carbocycles. The fraction of sp³-hybridized carbons (Fsp3) is 0.500. The summed E-state index contributed by atoms with van der Waals surface area (Å²) < 4.78 is 2.29. The molecule has 0 saturated heterocycles. The summed E-state index contributed by atoms with van der Waals surface area (Å²) in [6.07, 6.45) is 4.39. The molecule has 21 heavy (non-hydrogen) atoms. The zero-order chi connectivity index (χ0) is 15.0. The van der Waals surface area contributed by atoms with Crippen LogP contribution >= 0.6 is 0 Å². The number of benzene rings is 1. The van der Waals surface area contributed by atoms with Gasteiger partial charge in [0.25, 0.3) is 0 Å². The van der Waals surface area contributed by atoms with Gasteiger partial charge in [-0.3, -0.25) is 0 Å². The zero-order valence-corrected chi connectivity index (χ0v) is 13.3. The van der Waals surface area contributed by atoms with Crippen LogP contribution < -0.4 is 5.73 Å². The number of nitrogens with zero attached hydrogens (tertiary/aromatic N) is 2. The van der Waals surface area contributed by atoms with Crippen LogP contribution in [0, 0.1) is 0 Å². The van der Waals surface area contributed by atoms with E-state index in [1.165, 1.54) is 18.4 Å². The highest BCUT2D eigenvalue weighted by atomic mass is 15.2. The minimum Gasteiger partial charge on any atom is -0.384 e. The van der Waals surface area contributed by atoms with Gasteiger partial charge in [0.1, 0.15) is 11.6 Å². The molecule has 1 heterocycles. The SMILES string of the molecule is CC(C)(C)c1nc(CCc2ccccc2)c(N)n1C1CC1. The first kappa shape index (κ1) is 14.2. The smallest absolute Gasteiger partial charge is 0.127 e. The third kappa shape index (κ3) is 2.97. The number of aromatic nitrogens is 2. The molecule has 3 heteroatoms. The summed E-state index contributed by atoms with van der Waals surface area (Å²) >= 11 is 0. The molecular formula is C18H25N3. The van der Waals surface area contributed by atoms with Gasteiger partial charge in [0.05, 0.1) is 5.69 Å². The van der Waals surface area contributed by atoms with E-state index in [-0.39, 0.29) is 5.41 Å². The van der Waals surface area contributed by atoms with Gasteiger partial charge < -0.3 is 10.3 Å². The molecule has 0 aliphatic heterocycles. The molecule has 0 unspecified atom stereocenters. The van der Waals surface area contributed by atoms with Gasteiger partial charge in [-0.15, -0.1) is 0 Å². The van der Waals surface area contributed by atoms with Crippen LogP contribution in [0.1, 0.15) is 56.7 Å². The average Bonchev–Trinajstić information content (AvgIpc) is 3.21. The van der Waals surface area contributed by atoms with Crippen LogP contribution in [-0.4, -0.2) is 9.55 Å². The number of nitrogen functional groups attached to an aromatic ring is 1. The number of imidazole rings is 1. The molecule has 1 aliphatic rings. The van der Waals surface area contributed by atoms with E-state index >= 15 is 0 Å². The van der Waals surface area contributed by atoms with E-state index in [0.29, 0.717) is 6.04 Å². The summed E-state index contributed by atoms with van der Waals surface area (Å²) in [7, 11) is 0. The molecule has 1 aromatic carbocycles. The first-order valence-electron chi connectivity index (χ1n) is 7.88. The Kier molecular flexibility index (Phi) is 3.52. The van der Waals surface area contributed by atoms with Crippen LogP contribution in [0.5, 0.6) is 0 Å². The van der Waals surface area contributed by atoms with E-state index in [9.17, 15) is 0 Å². The van der Waals surface area contributed by atoms with Gasteiger partial charge >= 0.3 is 0 Å². The van der Waals surface area contributed by atoms with Crippen molar-refractivity contribution in [1.29, 1.82) is 0 Å². The molecule has 0 bridgehead atoms. The second-order valence-electron chi connectivity index (χ2n) is 7.10. The van der Waals surface area contributed by atoms with E-state index in [4.69, 9.17) is 10.7 Å². The van der Waals surface area contributed by atoms with Crippen molar-refractivity contribution in [3.8, 4) is 0 Å². The maximum atomic E-state index is 6.41. The van der Waals surface area contributed by atoms with Crippen LogP contribution in [0.2, 0.25) is 0 Å². The lowest BCUT2D eigenvalue weighted by Crippen LogP contribution is -2.19. The highest BCUT2D eigenvalue weighted by Crippen LogP contribution is 2.41. The van der Waals surface area contributed by atoms with E-state index in [1.807, 2.05) is 0 Å². The molecule has 0 amide bonds. The Balaban J connectivity index is 1.86. The quantitative estimate of drug-likeness (QED) is 0.925. The molecule has 0 spiro atoms. The van der Waals surface area contributed by atoms with Crippen LogP contribution in [0.4, 0.5) is 5.82 Å². The molecule has 1 saturated carbocycles. The predicted molar refractivity (Wildman–Crippen MR) is 87.5 cm³/mol. The van der Waals surface area contributed by atoms with Gasteiger partial charge in [-0.2, -0.15) is 0 Å². The Morgan fingerprint density at radius 1 is 1.14 bits per heavy atom. The van der Waals surface area contributed by atoms with Crippen molar-refractivity contribution >= 4 is 5.82 Å². The summed E-state index contributed by atoms with van der Waals surface area (Å²) in [6.45, 7) is 6.65. The van der Waals surface area contributed by atoms with Crippen molar-refractivity contribution in [3.63, 3.8) is 0 Å². The lowest BCUT2D eigenvalue weighted by atomic mass is 9.95. The number of hydrogen-bond donors (Lipinski definition) is 1. The lowest BCUT2D eigenvalue weighted by Gasteiger charge is -2.20. The van der Waals surface area contributed by atoms with Crippen molar-refractivity contribution in [2.45, 2.75) is 57.9 Å². The van der Waals surface area contributed by atoms with E-state index in [0.717, 1.165) is 30.2 Å². The average molecular weight is 283 g/mol. The van der Waals surface area contributed by atoms with E-state index in [1.54, 1.807) is 0 Å². The molecule has 2 aromatic rings. The minimum atomic E-state index is 0.0434. The molecule has 1 fully saturated rings. The Morgan fingerprint density at radius 3 is 2.38 bits per heavy atom. The fourth-order valence-electron chi connectivity index (χ4n) is 2.81. The number of hydrogen-bond acceptors (Lipinski definition) is 2. The van der Waals surface area contributed by atoms with Crippen molar-refractivity contribution < 1.29 is 0 Å². The number of nitrogens with two attached hydrogens (primary N) is 1. The molecule has 0 radical (unpaired) electrons. The molecule has 2 N–H and O–H groups in total. The molecule has 112 valence electrons. The number of anilines is 1. The summed E-state index contributed by atoms with van der Waals surface area (Å²) in [5.74, 6) is 2.03. The first-order chi connectivity index (χ1) is 9.97. The lowest BCUT2D eigenvalue weighted by molar-refractivity contribution is 0.504. The van der Waals surface area contributed by atoms with Crippen molar-refractivity contribution in [2.24, 2.45) is 0 Å². The fourth-order valence-corrected chi connectivity index (χ4v) is 2.81. The Bertz CT molecular complexity index is 616. The highest BCUT2D eigenvalue weighted by molar-refractivity contribution is 5.41. The molecule has 0 atom stereocenters. The van der Waals surface area contributed by atoms with Crippen LogP contribution in [0.15, 0.2) is 30.3 Å². The molecule has 3 nitrogen and oxygen atoms in total.